The first-order chi connectivity index (χ1) is 14.1. The smallest absolute Gasteiger partial charge is 0.344 e. The van der Waals surface area contributed by atoms with Crippen molar-refractivity contribution >= 4 is 34.0 Å². The van der Waals surface area contributed by atoms with Crippen LogP contribution in [0.5, 0.6) is 11.5 Å². The summed E-state index contributed by atoms with van der Waals surface area (Å²) in [5.41, 5.74) is 3.87. The first-order valence-electron chi connectivity index (χ1n) is 8.46. The summed E-state index contributed by atoms with van der Waals surface area (Å²) in [6.45, 7) is 0. The van der Waals surface area contributed by atoms with Crippen LogP contribution in [-0.4, -0.2) is 30.2 Å². The number of amides is 1. The first-order valence-corrected chi connectivity index (χ1v) is 9.26. The summed E-state index contributed by atoms with van der Waals surface area (Å²) >= 11 is 3.33. The third-order valence-electron chi connectivity index (χ3n) is 3.79. The van der Waals surface area contributed by atoms with Crippen molar-refractivity contribution in [1.29, 1.82) is 0 Å². The van der Waals surface area contributed by atoms with E-state index in [4.69, 9.17) is 9.47 Å². The number of pyridine rings is 1. The number of nitrogens with one attached hydrogen (secondary N) is 1. The fourth-order valence-electron chi connectivity index (χ4n) is 2.36. The van der Waals surface area contributed by atoms with E-state index in [0.29, 0.717) is 26.9 Å². The number of aromatic nitrogens is 1. The predicted molar refractivity (Wildman–Crippen MR) is 111 cm³/mol. The molecule has 3 aromatic rings. The molecule has 0 saturated heterocycles. The molecule has 0 unspecified atom stereocenters. The summed E-state index contributed by atoms with van der Waals surface area (Å²) in [4.78, 5) is 28.2. The Bertz CT molecular complexity index is 1050. The second-order valence-electron chi connectivity index (χ2n) is 5.72. The fourth-order valence-corrected chi connectivity index (χ4v) is 2.80. The molecule has 0 spiro atoms. The van der Waals surface area contributed by atoms with Crippen molar-refractivity contribution in [3.63, 3.8) is 0 Å². The second kappa shape index (κ2) is 9.61. The number of benzene rings is 2. The van der Waals surface area contributed by atoms with Crippen LogP contribution in [0.25, 0.3) is 0 Å². The molecule has 0 radical (unpaired) electrons. The van der Waals surface area contributed by atoms with Crippen molar-refractivity contribution in [2.24, 2.45) is 5.10 Å². The zero-order chi connectivity index (χ0) is 20.6. The summed E-state index contributed by atoms with van der Waals surface area (Å²) < 4.78 is 11.4. The van der Waals surface area contributed by atoms with E-state index < -0.39 is 5.97 Å². The van der Waals surface area contributed by atoms with Crippen molar-refractivity contribution in [2.75, 3.05) is 7.11 Å². The minimum absolute atomic E-state index is 0.268. The van der Waals surface area contributed by atoms with Gasteiger partial charge < -0.3 is 9.47 Å². The first kappa shape index (κ1) is 20.2. The van der Waals surface area contributed by atoms with Crippen molar-refractivity contribution in [1.82, 2.24) is 10.4 Å². The maximum absolute atomic E-state index is 12.4. The third-order valence-corrected chi connectivity index (χ3v) is 4.48. The van der Waals surface area contributed by atoms with Crippen molar-refractivity contribution in [3.8, 4) is 11.5 Å². The Balaban J connectivity index is 1.69. The number of ether oxygens (including phenoxy) is 2. The number of hydrogen-bond donors (Lipinski definition) is 1. The average Bonchev–Trinajstić information content (AvgIpc) is 2.75. The molecule has 8 heteroatoms. The van der Waals surface area contributed by atoms with Gasteiger partial charge in [0.05, 0.1) is 24.5 Å². The third kappa shape index (κ3) is 5.26. The number of hydrazone groups is 1. The van der Waals surface area contributed by atoms with Crippen molar-refractivity contribution < 1.29 is 19.1 Å². The molecule has 0 aliphatic heterocycles. The van der Waals surface area contributed by atoms with Gasteiger partial charge in [0.1, 0.15) is 0 Å². The number of carbonyl (C=O) groups is 2. The molecule has 29 heavy (non-hydrogen) atoms. The lowest BCUT2D eigenvalue weighted by molar-refractivity contribution is 0.0728. The standard InChI is InChI=1S/C21H16BrN3O4/c1-28-19-11-14(12-24-25-20(26)15-5-4-10-23-13-15)8-9-18(19)29-21(27)16-6-2-3-7-17(16)22/h2-13H,1H3,(H,25,26)/b24-12-. The van der Waals surface area contributed by atoms with E-state index in [9.17, 15) is 9.59 Å². The fraction of sp³-hybridized carbons (Fsp3) is 0.0476. The predicted octanol–water partition coefficient (Wildman–Crippen LogP) is 3.84. The molecule has 0 aliphatic carbocycles. The van der Waals surface area contributed by atoms with Crippen LogP contribution >= 0.6 is 15.9 Å². The highest BCUT2D eigenvalue weighted by Gasteiger charge is 2.15. The lowest BCUT2D eigenvalue weighted by atomic mass is 10.2. The number of halogens is 1. The van der Waals surface area contributed by atoms with Gasteiger partial charge in [-0.25, -0.2) is 10.2 Å². The summed E-state index contributed by atoms with van der Waals surface area (Å²) in [6.07, 6.45) is 4.48. The molecular weight excluding hydrogens is 438 g/mol. The van der Waals surface area contributed by atoms with Gasteiger partial charge in [-0.2, -0.15) is 5.10 Å². The summed E-state index contributed by atoms with van der Waals surface area (Å²) in [6, 6.07) is 15.2. The Morgan fingerprint density at radius 3 is 2.66 bits per heavy atom. The van der Waals surface area contributed by atoms with Crippen LogP contribution in [0.3, 0.4) is 0 Å². The van der Waals surface area contributed by atoms with E-state index in [2.05, 4.69) is 31.4 Å². The molecule has 7 nitrogen and oxygen atoms in total. The molecule has 1 aromatic heterocycles. The van der Waals surface area contributed by atoms with Crippen LogP contribution in [0.15, 0.2) is 76.6 Å². The highest BCUT2D eigenvalue weighted by Crippen LogP contribution is 2.29. The van der Waals surface area contributed by atoms with Gasteiger partial charge in [0, 0.05) is 16.9 Å². The van der Waals surface area contributed by atoms with Gasteiger partial charge in [0.2, 0.25) is 0 Å². The molecule has 3 rings (SSSR count). The number of esters is 1. The minimum atomic E-state index is -0.513. The van der Waals surface area contributed by atoms with Crippen LogP contribution < -0.4 is 14.9 Å². The Hall–Kier alpha value is -3.52. The highest BCUT2D eigenvalue weighted by atomic mass is 79.9. The average molecular weight is 454 g/mol. The number of carbonyl (C=O) groups excluding carboxylic acids is 2. The summed E-state index contributed by atoms with van der Waals surface area (Å²) in [7, 11) is 1.47. The molecule has 2 aromatic carbocycles. The largest absolute Gasteiger partial charge is 0.493 e. The topological polar surface area (TPSA) is 89.9 Å². The maximum Gasteiger partial charge on any atom is 0.344 e. The molecule has 1 amide bonds. The van der Waals surface area contributed by atoms with Gasteiger partial charge in [-0.05, 0) is 64.0 Å². The van der Waals surface area contributed by atoms with Gasteiger partial charge in [0.25, 0.3) is 5.91 Å². The van der Waals surface area contributed by atoms with E-state index >= 15 is 0 Å². The Morgan fingerprint density at radius 1 is 1.10 bits per heavy atom. The Morgan fingerprint density at radius 2 is 1.93 bits per heavy atom. The number of hydrogen-bond acceptors (Lipinski definition) is 6. The van der Waals surface area contributed by atoms with E-state index in [1.165, 1.54) is 19.5 Å². The zero-order valence-corrected chi connectivity index (χ0v) is 16.9. The van der Waals surface area contributed by atoms with Crippen LogP contribution in [0.2, 0.25) is 0 Å². The van der Waals surface area contributed by atoms with Gasteiger partial charge in [-0.3, -0.25) is 9.78 Å². The number of nitrogens with zero attached hydrogens (tertiary/aromatic N) is 2. The molecule has 0 aliphatic rings. The van der Waals surface area contributed by atoms with E-state index in [1.54, 1.807) is 54.7 Å². The molecule has 146 valence electrons. The summed E-state index contributed by atoms with van der Waals surface area (Å²) in [5, 5.41) is 3.92. The normalized spacial score (nSPS) is 10.6. The van der Waals surface area contributed by atoms with Crippen LogP contribution in [0, 0.1) is 0 Å². The lowest BCUT2D eigenvalue weighted by Gasteiger charge is -2.10. The molecular formula is C21H16BrN3O4. The molecule has 1 N–H and O–H groups in total. The van der Waals surface area contributed by atoms with Crippen LogP contribution in [0.1, 0.15) is 26.3 Å². The van der Waals surface area contributed by atoms with Crippen LogP contribution in [0.4, 0.5) is 0 Å². The highest BCUT2D eigenvalue weighted by molar-refractivity contribution is 9.10. The SMILES string of the molecule is COc1cc(/C=N\NC(=O)c2cccnc2)ccc1OC(=O)c1ccccc1Br. The Kier molecular flexibility index (Phi) is 6.70. The number of rotatable bonds is 6. The molecule has 0 saturated carbocycles. The molecule has 1 heterocycles. The monoisotopic (exact) mass is 453 g/mol. The minimum Gasteiger partial charge on any atom is -0.493 e. The van der Waals surface area contributed by atoms with Crippen molar-refractivity contribution in [3.05, 3.63) is 88.2 Å². The van der Waals surface area contributed by atoms with Gasteiger partial charge >= 0.3 is 5.97 Å². The van der Waals surface area contributed by atoms with E-state index in [-0.39, 0.29) is 11.7 Å². The molecule has 0 atom stereocenters. The second-order valence-corrected chi connectivity index (χ2v) is 6.57. The molecule has 0 bridgehead atoms. The lowest BCUT2D eigenvalue weighted by Crippen LogP contribution is -2.17. The van der Waals surface area contributed by atoms with Gasteiger partial charge in [-0.1, -0.05) is 12.1 Å². The van der Waals surface area contributed by atoms with Crippen molar-refractivity contribution in [2.45, 2.75) is 0 Å². The van der Waals surface area contributed by atoms with E-state index in [0.717, 1.165) is 0 Å². The van der Waals surface area contributed by atoms with Gasteiger partial charge in [0.15, 0.2) is 11.5 Å². The zero-order valence-electron chi connectivity index (χ0n) is 15.3. The Labute approximate surface area is 175 Å². The molecule has 0 fully saturated rings. The van der Waals surface area contributed by atoms with Crippen LogP contribution in [-0.2, 0) is 0 Å². The van der Waals surface area contributed by atoms with E-state index in [1.807, 2.05) is 6.07 Å². The van der Waals surface area contributed by atoms with Gasteiger partial charge in [-0.15, -0.1) is 0 Å². The number of methoxy groups -OCH3 is 1. The maximum atomic E-state index is 12.4. The summed E-state index contributed by atoms with van der Waals surface area (Å²) in [5.74, 6) is -0.265. The quantitative estimate of drug-likeness (QED) is 0.265.